The topological polar surface area (TPSA) is 105 Å². The highest BCUT2D eigenvalue weighted by Crippen LogP contribution is 2.67. The third-order valence-electron chi connectivity index (χ3n) is 16.4. The van der Waals surface area contributed by atoms with Crippen LogP contribution in [0.5, 0.6) is 0 Å². The van der Waals surface area contributed by atoms with Crippen LogP contribution in [0.4, 0.5) is 0 Å². The summed E-state index contributed by atoms with van der Waals surface area (Å²) < 4.78 is 18.0. The Morgan fingerprint density at radius 1 is 0.833 bits per heavy atom. The second-order valence-electron chi connectivity index (χ2n) is 20.4. The molecule has 1 saturated heterocycles. The van der Waals surface area contributed by atoms with Gasteiger partial charge in [-0.2, -0.15) is 0 Å². The summed E-state index contributed by atoms with van der Waals surface area (Å²) >= 11 is 0. The van der Waals surface area contributed by atoms with E-state index in [1.807, 2.05) is 0 Å². The summed E-state index contributed by atoms with van der Waals surface area (Å²) in [5.41, 5.74) is 2.10. The Kier molecular flexibility index (Phi) is 19.3. The van der Waals surface area contributed by atoms with Crippen molar-refractivity contribution in [2.24, 2.45) is 52.3 Å². The quantitative estimate of drug-likeness (QED) is 0.0567. The summed E-state index contributed by atoms with van der Waals surface area (Å²) in [5, 5.41) is 32.5. The Labute approximate surface area is 365 Å². The maximum absolute atomic E-state index is 12.6. The first-order valence-corrected chi connectivity index (χ1v) is 24.6. The third-order valence-corrected chi connectivity index (χ3v) is 16.4. The van der Waals surface area contributed by atoms with Crippen molar-refractivity contribution >= 4 is 5.97 Å². The molecule has 7 heteroatoms. The van der Waals surface area contributed by atoms with Gasteiger partial charge in [0.2, 0.25) is 0 Å². The maximum Gasteiger partial charge on any atom is 0.305 e. The fourth-order valence-electron chi connectivity index (χ4n) is 12.6. The highest BCUT2D eigenvalue weighted by molar-refractivity contribution is 5.69. The monoisotopic (exact) mass is 835 g/mol. The van der Waals surface area contributed by atoms with Gasteiger partial charge in [-0.1, -0.05) is 122 Å². The number of allylic oxidation sites excluding steroid dienone is 9. The fourth-order valence-corrected chi connectivity index (χ4v) is 12.6. The molecule has 3 N–H and O–H groups in total. The molecule has 5 rings (SSSR count). The van der Waals surface area contributed by atoms with E-state index in [4.69, 9.17) is 14.2 Å². The first kappa shape index (κ1) is 49.0. The van der Waals surface area contributed by atoms with Crippen LogP contribution in [-0.2, 0) is 19.0 Å². The Hall–Kier alpha value is -2.03. The van der Waals surface area contributed by atoms with Crippen molar-refractivity contribution in [3.8, 4) is 0 Å². The molecule has 0 spiro atoms. The van der Waals surface area contributed by atoms with E-state index < -0.39 is 30.7 Å². The molecule has 0 aromatic rings. The van der Waals surface area contributed by atoms with Crippen molar-refractivity contribution in [2.75, 3.05) is 6.61 Å². The summed E-state index contributed by atoms with van der Waals surface area (Å²) in [5.74, 6) is 5.15. The average Bonchev–Trinajstić information content (AvgIpc) is 3.59. The van der Waals surface area contributed by atoms with Gasteiger partial charge in [-0.05, 0) is 155 Å². The van der Waals surface area contributed by atoms with Gasteiger partial charge in [0, 0.05) is 6.42 Å². The number of esters is 1. The number of aliphatic hydroxyl groups is 3. The molecule has 60 heavy (non-hydrogen) atoms. The van der Waals surface area contributed by atoms with Crippen LogP contribution in [0.2, 0.25) is 0 Å². The zero-order valence-corrected chi connectivity index (χ0v) is 38.8. The second-order valence-corrected chi connectivity index (χ2v) is 20.4. The molecule has 0 aromatic carbocycles. The molecule has 0 bridgehead atoms. The molecule has 0 radical (unpaired) electrons. The number of carbonyl (C=O) groups excluding carboxylic acids is 1. The first-order valence-electron chi connectivity index (χ1n) is 24.6. The molecule has 4 aliphatic carbocycles. The molecule has 1 aliphatic heterocycles. The smallest absolute Gasteiger partial charge is 0.305 e. The van der Waals surface area contributed by atoms with Gasteiger partial charge in [0.25, 0.3) is 0 Å². The number of hydrogen-bond donors (Lipinski definition) is 3. The summed E-state index contributed by atoms with van der Waals surface area (Å²) in [6.07, 6.45) is 33.5. The van der Waals surface area contributed by atoms with Crippen LogP contribution in [0.1, 0.15) is 170 Å². The standard InChI is InChI=1S/C53H86O7/c1-8-10-11-12-13-14-15-16-17-18-19-20-21-22-23-24-47(54)58-36-46-48(55)49(56)50(57)51(60-46)59-41-31-33-52(6)40(35-41)27-28-42-44-30-29-43(53(44,7)34-32-45(42)52)38(5)25-26-39(9-2)37(3)4/h10-11,13-14,16-17,19-20,27,37-39,41-46,48-51,55-57H,8-9,12,15,18,21-26,28-36H2,1-7H3/b11-10-,14-13-,17-16-,20-19-. The Balaban J connectivity index is 1.04. The number of carbonyl (C=O) groups is 1. The fraction of sp³-hybridized carbons (Fsp3) is 0.792. The Morgan fingerprint density at radius 3 is 2.22 bits per heavy atom. The minimum atomic E-state index is -1.46. The predicted molar refractivity (Wildman–Crippen MR) is 244 cm³/mol. The molecule has 0 amide bonds. The van der Waals surface area contributed by atoms with Crippen LogP contribution in [0.3, 0.4) is 0 Å². The predicted octanol–water partition coefficient (Wildman–Crippen LogP) is 11.8. The van der Waals surface area contributed by atoms with E-state index in [1.54, 1.807) is 0 Å². The van der Waals surface area contributed by atoms with Gasteiger partial charge in [-0.25, -0.2) is 0 Å². The molecule has 1 heterocycles. The lowest BCUT2D eigenvalue weighted by Crippen LogP contribution is -2.60. The first-order chi connectivity index (χ1) is 28.8. The van der Waals surface area contributed by atoms with Crippen LogP contribution >= 0.6 is 0 Å². The summed E-state index contributed by atoms with van der Waals surface area (Å²) in [6.45, 7) is 16.9. The number of hydrogen-bond acceptors (Lipinski definition) is 7. The lowest BCUT2D eigenvalue weighted by atomic mass is 9.47. The second kappa shape index (κ2) is 23.6. The molecule has 14 unspecified atom stereocenters. The van der Waals surface area contributed by atoms with Gasteiger partial charge in [0.1, 0.15) is 31.0 Å². The minimum absolute atomic E-state index is 0.153. The average molecular weight is 835 g/mol. The highest BCUT2D eigenvalue weighted by Gasteiger charge is 2.59. The summed E-state index contributed by atoms with van der Waals surface area (Å²) in [4.78, 5) is 12.6. The van der Waals surface area contributed by atoms with E-state index in [-0.39, 0.29) is 30.5 Å². The Morgan fingerprint density at radius 2 is 1.53 bits per heavy atom. The van der Waals surface area contributed by atoms with E-state index in [0.29, 0.717) is 17.8 Å². The van der Waals surface area contributed by atoms with E-state index in [0.717, 1.165) is 99.7 Å². The number of rotatable bonds is 22. The van der Waals surface area contributed by atoms with Gasteiger partial charge < -0.3 is 29.5 Å². The van der Waals surface area contributed by atoms with Gasteiger partial charge in [0.05, 0.1) is 6.10 Å². The summed E-state index contributed by atoms with van der Waals surface area (Å²) in [6, 6.07) is 0. The molecule has 3 saturated carbocycles. The van der Waals surface area contributed by atoms with Gasteiger partial charge in [-0.15, -0.1) is 0 Å². The number of aliphatic hydroxyl groups excluding tert-OH is 3. The zero-order valence-electron chi connectivity index (χ0n) is 38.8. The van der Waals surface area contributed by atoms with Crippen LogP contribution in [0.15, 0.2) is 60.3 Å². The van der Waals surface area contributed by atoms with Gasteiger partial charge >= 0.3 is 5.97 Å². The van der Waals surface area contributed by atoms with Crippen LogP contribution in [-0.4, -0.2) is 64.7 Å². The normalized spacial score (nSPS) is 36.8. The molecular weight excluding hydrogens is 749 g/mol. The molecule has 5 aliphatic rings. The third kappa shape index (κ3) is 12.4. The van der Waals surface area contributed by atoms with Crippen molar-refractivity contribution in [3.63, 3.8) is 0 Å². The molecule has 7 nitrogen and oxygen atoms in total. The van der Waals surface area contributed by atoms with E-state index >= 15 is 0 Å². The molecule has 0 aromatic heterocycles. The largest absolute Gasteiger partial charge is 0.463 e. The number of ether oxygens (including phenoxy) is 3. The van der Waals surface area contributed by atoms with Crippen molar-refractivity contribution < 1.29 is 34.3 Å². The maximum atomic E-state index is 12.6. The van der Waals surface area contributed by atoms with Crippen molar-refractivity contribution in [1.29, 1.82) is 0 Å². The van der Waals surface area contributed by atoms with E-state index in [9.17, 15) is 20.1 Å². The van der Waals surface area contributed by atoms with E-state index in [1.165, 1.54) is 50.5 Å². The van der Waals surface area contributed by atoms with Crippen LogP contribution < -0.4 is 0 Å². The van der Waals surface area contributed by atoms with Gasteiger partial charge in [-0.3, -0.25) is 4.79 Å². The SMILES string of the molecule is CC/C=C\C/C=C\C/C=C\C/C=C\CCCCC(=O)OCC1OC(OC2CCC3(C)C(=CCC4C3CCC3(C)C(C(C)CCC(CC)C(C)C)CCC43)C2)C(O)C(O)C1O. The van der Waals surface area contributed by atoms with Crippen molar-refractivity contribution in [2.45, 2.75) is 207 Å². The summed E-state index contributed by atoms with van der Waals surface area (Å²) in [7, 11) is 0. The molecule has 340 valence electrons. The number of unbranched alkanes of at least 4 members (excludes halogenated alkanes) is 2. The lowest BCUT2D eigenvalue weighted by molar-refractivity contribution is -0.313. The minimum Gasteiger partial charge on any atom is -0.463 e. The van der Waals surface area contributed by atoms with E-state index in [2.05, 4.69) is 103 Å². The Bertz CT molecular complexity index is 1460. The zero-order chi connectivity index (χ0) is 43.3. The highest BCUT2D eigenvalue weighted by atomic mass is 16.7. The molecule has 4 fully saturated rings. The van der Waals surface area contributed by atoms with Crippen molar-refractivity contribution in [1.82, 2.24) is 0 Å². The van der Waals surface area contributed by atoms with Gasteiger partial charge in [0.15, 0.2) is 6.29 Å². The molecular formula is C53H86O7. The molecule has 14 atom stereocenters. The van der Waals surface area contributed by atoms with Crippen LogP contribution in [0.25, 0.3) is 0 Å². The number of fused-ring (bicyclic) bond motifs is 5. The van der Waals surface area contributed by atoms with Crippen molar-refractivity contribution in [3.05, 3.63) is 60.3 Å². The lowest BCUT2D eigenvalue weighted by Gasteiger charge is -2.58. The van der Waals surface area contributed by atoms with Crippen LogP contribution in [0, 0.1) is 52.3 Å².